The van der Waals surface area contributed by atoms with Gasteiger partial charge < -0.3 is 5.73 Å². The van der Waals surface area contributed by atoms with Crippen LogP contribution in [0.3, 0.4) is 0 Å². The highest BCUT2D eigenvalue weighted by Crippen LogP contribution is 2.30. The molecule has 1 fully saturated rings. The van der Waals surface area contributed by atoms with E-state index in [4.69, 9.17) is 11.0 Å². The highest BCUT2D eigenvalue weighted by Gasteiger charge is 2.33. The van der Waals surface area contributed by atoms with E-state index >= 15 is 0 Å². The van der Waals surface area contributed by atoms with Crippen molar-refractivity contribution in [3.05, 3.63) is 0 Å². The normalized spacial score (nSPS) is 21.2. The number of primary amides is 1. The second-order valence-electron chi connectivity index (χ2n) is 4.74. The molecule has 0 bridgehead atoms. The van der Waals surface area contributed by atoms with Gasteiger partial charge in [0.25, 0.3) is 0 Å². The van der Waals surface area contributed by atoms with E-state index in [2.05, 4.69) is 11.4 Å². The second-order valence-corrected chi connectivity index (χ2v) is 4.74. The van der Waals surface area contributed by atoms with Gasteiger partial charge in [0.05, 0.1) is 17.5 Å². The molecule has 1 aliphatic heterocycles. The Morgan fingerprint density at radius 2 is 2.00 bits per heavy atom. The summed E-state index contributed by atoms with van der Waals surface area (Å²) in [7, 11) is 0. The lowest BCUT2D eigenvalue weighted by atomic mass is 9.81. The topological polar surface area (TPSA) is 99.2 Å². The van der Waals surface area contributed by atoms with Gasteiger partial charge in [0.15, 0.2) is 0 Å². The summed E-state index contributed by atoms with van der Waals surface area (Å²) in [6.07, 6.45) is 1.47. The molecule has 0 radical (unpaired) electrons. The van der Waals surface area contributed by atoms with Crippen LogP contribution >= 0.6 is 0 Å². The molecule has 1 heterocycles. The Morgan fingerprint density at radius 1 is 1.47 bits per heavy atom. The van der Waals surface area contributed by atoms with Gasteiger partial charge in [-0.15, -0.1) is 0 Å². The number of urea groups is 1. The first-order valence-corrected chi connectivity index (χ1v) is 5.63. The molecule has 0 spiro atoms. The Balaban J connectivity index is 2.52. The third kappa shape index (κ3) is 3.43. The Labute approximate surface area is 101 Å². The molecule has 1 aliphatic rings. The fraction of sp³-hybridized carbons (Fsp3) is 0.727. The van der Waals surface area contributed by atoms with Crippen molar-refractivity contribution in [1.29, 1.82) is 5.26 Å². The van der Waals surface area contributed by atoms with E-state index in [-0.39, 0.29) is 5.41 Å². The van der Waals surface area contributed by atoms with Crippen LogP contribution in [0.1, 0.15) is 26.7 Å². The number of carbonyl (C=O) groups excluding carboxylic acids is 2. The molecule has 0 saturated carbocycles. The first kappa shape index (κ1) is 13.5. The SMILES string of the molecule is CC(C(=O)NC(N)=O)N1CCC(C)(C#N)CC1. The molecule has 6 heteroatoms. The highest BCUT2D eigenvalue weighted by atomic mass is 16.2. The van der Waals surface area contributed by atoms with Crippen molar-refractivity contribution in [2.45, 2.75) is 32.7 Å². The molecule has 1 unspecified atom stereocenters. The van der Waals surface area contributed by atoms with Crippen LogP contribution in [0.15, 0.2) is 0 Å². The van der Waals surface area contributed by atoms with Crippen molar-refractivity contribution < 1.29 is 9.59 Å². The first-order valence-electron chi connectivity index (χ1n) is 5.63. The maximum atomic E-state index is 11.6. The van der Waals surface area contributed by atoms with Gasteiger partial charge in [-0.3, -0.25) is 15.0 Å². The maximum Gasteiger partial charge on any atom is 0.318 e. The molecule has 17 heavy (non-hydrogen) atoms. The number of hydrogen-bond acceptors (Lipinski definition) is 4. The summed E-state index contributed by atoms with van der Waals surface area (Å²) in [6, 6.07) is 1.07. The van der Waals surface area contributed by atoms with E-state index in [1.165, 1.54) is 0 Å². The molecule has 0 aromatic heterocycles. The van der Waals surface area contributed by atoms with Gasteiger partial charge in [0.1, 0.15) is 0 Å². The number of piperidine rings is 1. The minimum Gasteiger partial charge on any atom is -0.351 e. The summed E-state index contributed by atoms with van der Waals surface area (Å²) < 4.78 is 0. The van der Waals surface area contributed by atoms with E-state index in [9.17, 15) is 9.59 Å². The average Bonchev–Trinajstić information content (AvgIpc) is 2.28. The Bertz CT molecular complexity index is 353. The van der Waals surface area contributed by atoms with Crippen molar-refractivity contribution >= 4 is 11.9 Å². The number of nitriles is 1. The van der Waals surface area contributed by atoms with Crippen LogP contribution < -0.4 is 11.1 Å². The van der Waals surface area contributed by atoms with Crippen LogP contribution in [0.25, 0.3) is 0 Å². The molecule has 0 aromatic rings. The number of likely N-dealkylation sites (tertiary alicyclic amines) is 1. The molecular weight excluding hydrogens is 220 g/mol. The van der Waals surface area contributed by atoms with Crippen LogP contribution in [0.4, 0.5) is 4.79 Å². The summed E-state index contributed by atoms with van der Waals surface area (Å²) in [5.74, 6) is -0.391. The van der Waals surface area contributed by atoms with Crippen LogP contribution in [-0.4, -0.2) is 36.0 Å². The van der Waals surface area contributed by atoms with Crippen molar-refractivity contribution in [3.8, 4) is 6.07 Å². The van der Waals surface area contributed by atoms with Crippen molar-refractivity contribution in [3.63, 3.8) is 0 Å². The minimum absolute atomic E-state index is 0.295. The van der Waals surface area contributed by atoms with Gasteiger partial charge in [-0.05, 0) is 26.7 Å². The molecule has 1 atom stereocenters. The summed E-state index contributed by atoms with van der Waals surface area (Å²) in [5, 5.41) is 11.1. The van der Waals surface area contributed by atoms with Gasteiger partial charge in [-0.1, -0.05) is 0 Å². The second kappa shape index (κ2) is 5.15. The number of rotatable bonds is 2. The van der Waals surface area contributed by atoms with Gasteiger partial charge in [0, 0.05) is 13.1 Å². The van der Waals surface area contributed by atoms with E-state index in [0.717, 1.165) is 12.8 Å². The zero-order chi connectivity index (χ0) is 13.1. The van der Waals surface area contributed by atoms with Crippen LogP contribution in [0, 0.1) is 16.7 Å². The number of hydrogen-bond donors (Lipinski definition) is 2. The lowest BCUT2D eigenvalue weighted by Gasteiger charge is -2.37. The molecule has 1 saturated heterocycles. The van der Waals surface area contributed by atoms with Crippen LogP contribution in [0.5, 0.6) is 0 Å². The van der Waals surface area contributed by atoms with Crippen molar-refractivity contribution in [2.24, 2.45) is 11.1 Å². The summed E-state index contributed by atoms with van der Waals surface area (Å²) in [4.78, 5) is 24.1. The van der Waals surface area contributed by atoms with Crippen molar-refractivity contribution in [2.75, 3.05) is 13.1 Å². The van der Waals surface area contributed by atoms with Crippen LogP contribution in [0.2, 0.25) is 0 Å². The quantitative estimate of drug-likeness (QED) is 0.717. The molecule has 94 valence electrons. The highest BCUT2D eigenvalue weighted by molar-refractivity contribution is 5.96. The monoisotopic (exact) mass is 238 g/mol. The summed E-state index contributed by atoms with van der Waals surface area (Å²) >= 11 is 0. The first-order chi connectivity index (χ1) is 7.88. The number of amides is 3. The van der Waals surface area contributed by atoms with Gasteiger partial charge in [-0.25, -0.2) is 4.79 Å². The Hall–Kier alpha value is -1.61. The summed E-state index contributed by atoms with van der Waals surface area (Å²) in [6.45, 7) is 5.01. The molecule has 0 aliphatic carbocycles. The molecule has 3 amide bonds. The van der Waals surface area contributed by atoms with E-state index < -0.39 is 18.0 Å². The van der Waals surface area contributed by atoms with Gasteiger partial charge in [0.2, 0.25) is 5.91 Å². The average molecular weight is 238 g/mol. The number of imide groups is 1. The van der Waals surface area contributed by atoms with Crippen molar-refractivity contribution in [1.82, 2.24) is 10.2 Å². The third-order valence-corrected chi connectivity index (χ3v) is 3.35. The molecule has 1 rings (SSSR count). The number of nitrogens with two attached hydrogens (primary N) is 1. The standard InChI is InChI=1S/C11H18N4O2/c1-8(9(16)14-10(13)17)15-5-3-11(2,7-12)4-6-15/h8H,3-6H2,1-2H3,(H3,13,14,16,17). The zero-order valence-electron chi connectivity index (χ0n) is 10.2. The van der Waals surface area contributed by atoms with E-state index in [0.29, 0.717) is 13.1 Å². The Morgan fingerprint density at radius 3 is 2.41 bits per heavy atom. The fourth-order valence-electron chi connectivity index (χ4n) is 1.91. The molecule has 3 N–H and O–H groups in total. The number of carbonyl (C=O) groups is 2. The lowest BCUT2D eigenvalue weighted by Crippen LogP contribution is -2.51. The maximum absolute atomic E-state index is 11.6. The smallest absolute Gasteiger partial charge is 0.318 e. The third-order valence-electron chi connectivity index (χ3n) is 3.35. The fourth-order valence-corrected chi connectivity index (χ4v) is 1.91. The zero-order valence-corrected chi connectivity index (χ0v) is 10.2. The summed E-state index contributed by atoms with van der Waals surface area (Å²) in [5.41, 5.74) is 4.60. The van der Waals surface area contributed by atoms with E-state index in [1.54, 1.807) is 6.92 Å². The number of nitrogens with zero attached hydrogens (tertiary/aromatic N) is 2. The minimum atomic E-state index is -0.833. The number of nitrogens with one attached hydrogen (secondary N) is 1. The Kier molecular flexibility index (Phi) is 4.07. The largest absolute Gasteiger partial charge is 0.351 e. The van der Waals surface area contributed by atoms with Gasteiger partial charge >= 0.3 is 6.03 Å². The van der Waals surface area contributed by atoms with E-state index in [1.807, 2.05) is 11.8 Å². The predicted molar refractivity (Wildman–Crippen MR) is 61.7 cm³/mol. The molecule has 6 nitrogen and oxygen atoms in total. The van der Waals surface area contributed by atoms with Crippen LogP contribution in [-0.2, 0) is 4.79 Å². The molecular formula is C11H18N4O2. The van der Waals surface area contributed by atoms with Gasteiger partial charge in [-0.2, -0.15) is 5.26 Å². The lowest BCUT2D eigenvalue weighted by molar-refractivity contribution is -0.125. The predicted octanol–water partition coefficient (Wildman–Crippen LogP) is 0.195. The molecule has 0 aromatic carbocycles.